The summed E-state index contributed by atoms with van der Waals surface area (Å²) in [7, 11) is 1.26. The van der Waals surface area contributed by atoms with Gasteiger partial charge in [-0.15, -0.1) is 0 Å². The molecule has 0 radical (unpaired) electrons. The van der Waals surface area contributed by atoms with Crippen molar-refractivity contribution in [2.24, 2.45) is 5.10 Å². The number of nitrogens with zero attached hydrogens (tertiary/aromatic N) is 1. The van der Waals surface area contributed by atoms with Crippen LogP contribution >= 0.6 is 11.6 Å². The predicted molar refractivity (Wildman–Crippen MR) is 122 cm³/mol. The molecule has 2 aromatic carbocycles. The predicted octanol–water partition coefficient (Wildman–Crippen LogP) is 5.45. The van der Waals surface area contributed by atoms with Crippen molar-refractivity contribution >= 4 is 23.9 Å². The van der Waals surface area contributed by atoms with Crippen LogP contribution < -0.4 is 19.6 Å². The van der Waals surface area contributed by atoms with E-state index in [4.69, 9.17) is 25.8 Å². The zero-order valence-corrected chi connectivity index (χ0v) is 18.7. The molecule has 2 rings (SSSR count). The summed E-state index contributed by atoms with van der Waals surface area (Å²) in [5, 5.41) is 4.33. The van der Waals surface area contributed by atoms with Crippen LogP contribution in [0.15, 0.2) is 47.6 Å². The Hall–Kier alpha value is -2.93. The Morgan fingerprint density at radius 1 is 0.968 bits per heavy atom. The standard InChI is InChI=1S/C23H29ClN2O5/c1-3-4-5-6-13-29-20-8-10-21(11-9-20)30-14-15-31-22-12-7-19(24)16-18(22)17-25-26-23(27)28-2/h7-12,16-17H,3-6,13-15H2,1-2H3,(H,26,27). The minimum absolute atomic E-state index is 0.322. The number of carbonyl (C=O) groups is 1. The number of halogens is 1. The van der Waals surface area contributed by atoms with Crippen LogP contribution in [0.25, 0.3) is 0 Å². The maximum atomic E-state index is 11.1. The fourth-order valence-electron chi connectivity index (χ4n) is 2.61. The van der Waals surface area contributed by atoms with Crippen molar-refractivity contribution in [2.45, 2.75) is 32.6 Å². The molecule has 31 heavy (non-hydrogen) atoms. The first-order valence-corrected chi connectivity index (χ1v) is 10.6. The Balaban J connectivity index is 1.76. The molecule has 2 aromatic rings. The molecule has 0 fully saturated rings. The third kappa shape index (κ3) is 9.61. The van der Waals surface area contributed by atoms with Crippen molar-refractivity contribution in [3.05, 3.63) is 53.1 Å². The number of nitrogens with one attached hydrogen (secondary N) is 1. The average molecular weight is 449 g/mol. The highest BCUT2D eigenvalue weighted by Gasteiger charge is 2.04. The SMILES string of the molecule is CCCCCCOc1ccc(OCCOc2ccc(Cl)cc2C=NNC(=O)OC)cc1. The van der Waals surface area contributed by atoms with E-state index in [0.29, 0.717) is 29.5 Å². The normalized spacial score (nSPS) is 10.7. The van der Waals surface area contributed by atoms with Gasteiger partial charge in [0.2, 0.25) is 0 Å². The molecule has 0 aliphatic carbocycles. The lowest BCUT2D eigenvalue weighted by atomic mass is 10.2. The summed E-state index contributed by atoms with van der Waals surface area (Å²) in [6.45, 7) is 3.60. The summed E-state index contributed by atoms with van der Waals surface area (Å²) in [4.78, 5) is 11.1. The Morgan fingerprint density at radius 3 is 2.32 bits per heavy atom. The van der Waals surface area contributed by atoms with Crippen molar-refractivity contribution in [1.29, 1.82) is 0 Å². The van der Waals surface area contributed by atoms with Gasteiger partial charge in [0.15, 0.2) is 0 Å². The van der Waals surface area contributed by atoms with Gasteiger partial charge in [0.1, 0.15) is 30.5 Å². The van der Waals surface area contributed by atoms with Crippen LogP contribution in [0.3, 0.4) is 0 Å². The Morgan fingerprint density at radius 2 is 1.65 bits per heavy atom. The highest BCUT2D eigenvalue weighted by molar-refractivity contribution is 6.30. The van der Waals surface area contributed by atoms with E-state index >= 15 is 0 Å². The fourth-order valence-corrected chi connectivity index (χ4v) is 2.79. The lowest BCUT2D eigenvalue weighted by Crippen LogP contribution is -2.17. The van der Waals surface area contributed by atoms with Gasteiger partial charge in [-0.2, -0.15) is 5.10 Å². The maximum absolute atomic E-state index is 11.1. The van der Waals surface area contributed by atoms with Crippen molar-refractivity contribution in [3.8, 4) is 17.2 Å². The molecule has 0 atom stereocenters. The van der Waals surface area contributed by atoms with Crippen molar-refractivity contribution in [1.82, 2.24) is 5.43 Å². The van der Waals surface area contributed by atoms with Gasteiger partial charge >= 0.3 is 6.09 Å². The lowest BCUT2D eigenvalue weighted by Gasteiger charge is -2.11. The van der Waals surface area contributed by atoms with E-state index in [0.717, 1.165) is 24.5 Å². The number of rotatable bonds is 13. The molecule has 0 saturated carbocycles. The Kier molecular flexibility index (Phi) is 11.1. The Labute approximate surface area is 188 Å². The largest absolute Gasteiger partial charge is 0.494 e. The van der Waals surface area contributed by atoms with Gasteiger partial charge in [0, 0.05) is 10.6 Å². The van der Waals surface area contributed by atoms with E-state index < -0.39 is 6.09 Å². The topological polar surface area (TPSA) is 78.4 Å². The zero-order chi connectivity index (χ0) is 22.3. The number of benzene rings is 2. The van der Waals surface area contributed by atoms with Crippen LogP contribution in [-0.2, 0) is 4.74 Å². The molecule has 8 heteroatoms. The van der Waals surface area contributed by atoms with Gasteiger partial charge in [-0.25, -0.2) is 10.2 Å². The third-order valence-electron chi connectivity index (χ3n) is 4.22. The van der Waals surface area contributed by atoms with Crippen molar-refractivity contribution in [3.63, 3.8) is 0 Å². The third-order valence-corrected chi connectivity index (χ3v) is 4.45. The van der Waals surface area contributed by atoms with Gasteiger partial charge in [-0.3, -0.25) is 0 Å². The number of methoxy groups -OCH3 is 1. The molecule has 0 unspecified atom stereocenters. The molecular weight excluding hydrogens is 420 g/mol. The average Bonchev–Trinajstić information content (AvgIpc) is 2.78. The minimum atomic E-state index is -0.665. The molecule has 0 spiro atoms. The van der Waals surface area contributed by atoms with Gasteiger partial charge in [-0.1, -0.05) is 37.8 Å². The molecule has 1 N–H and O–H groups in total. The summed E-state index contributed by atoms with van der Waals surface area (Å²) in [6.07, 6.45) is 5.49. The second-order valence-corrected chi connectivity index (χ2v) is 7.06. The number of carbonyl (C=O) groups excluding carboxylic acids is 1. The summed E-state index contributed by atoms with van der Waals surface area (Å²) in [5.41, 5.74) is 2.83. The van der Waals surface area contributed by atoms with Gasteiger partial charge < -0.3 is 18.9 Å². The van der Waals surface area contributed by atoms with E-state index in [1.807, 2.05) is 24.3 Å². The molecule has 0 bridgehead atoms. The second-order valence-electron chi connectivity index (χ2n) is 6.62. The van der Waals surface area contributed by atoms with E-state index in [1.54, 1.807) is 18.2 Å². The quantitative estimate of drug-likeness (QED) is 0.250. The molecular formula is C23H29ClN2O5. The fraction of sp³-hybridized carbons (Fsp3) is 0.391. The summed E-state index contributed by atoms with van der Waals surface area (Å²) in [6, 6.07) is 12.7. The van der Waals surface area contributed by atoms with E-state index in [2.05, 4.69) is 22.2 Å². The Bertz CT molecular complexity index is 827. The molecule has 1 amide bonds. The highest BCUT2D eigenvalue weighted by Crippen LogP contribution is 2.22. The first kappa shape index (κ1) is 24.3. The number of unbranched alkanes of at least 4 members (excludes halogenated alkanes) is 3. The summed E-state index contributed by atoms with van der Waals surface area (Å²) >= 11 is 6.03. The van der Waals surface area contributed by atoms with E-state index in [9.17, 15) is 4.79 Å². The summed E-state index contributed by atoms with van der Waals surface area (Å²) in [5.74, 6) is 2.14. The van der Waals surface area contributed by atoms with Crippen LogP contribution in [0.5, 0.6) is 17.2 Å². The van der Waals surface area contributed by atoms with Gasteiger partial charge in [0.05, 0.1) is 19.9 Å². The number of hydrogen-bond acceptors (Lipinski definition) is 6. The molecule has 0 aliphatic rings. The van der Waals surface area contributed by atoms with Crippen molar-refractivity contribution in [2.75, 3.05) is 26.9 Å². The maximum Gasteiger partial charge on any atom is 0.427 e. The minimum Gasteiger partial charge on any atom is -0.494 e. The van der Waals surface area contributed by atoms with Crippen LogP contribution in [0, 0.1) is 0 Å². The van der Waals surface area contributed by atoms with Crippen LogP contribution in [0.4, 0.5) is 4.79 Å². The number of amides is 1. The smallest absolute Gasteiger partial charge is 0.427 e. The number of hydrogen-bond donors (Lipinski definition) is 1. The number of ether oxygens (including phenoxy) is 4. The molecule has 168 valence electrons. The van der Waals surface area contributed by atoms with E-state index in [-0.39, 0.29) is 0 Å². The van der Waals surface area contributed by atoms with Gasteiger partial charge in [0.25, 0.3) is 0 Å². The molecule has 0 aromatic heterocycles. The molecule has 0 aliphatic heterocycles. The van der Waals surface area contributed by atoms with Crippen molar-refractivity contribution < 1.29 is 23.7 Å². The van der Waals surface area contributed by atoms with Crippen LogP contribution in [0.2, 0.25) is 5.02 Å². The monoisotopic (exact) mass is 448 g/mol. The molecule has 0 heterocycles. The number of hydrazone groups is 1. The zero-order valence-electron chi connectivity index (χ0n) is 17.9. The van der Waals surface area contributed by atoms with E-state index in [1.165, 1.54) is 32.6 Å². The first-order chi connectivity index (χ1) is 15.1. The highest BCUT2D eigenvalue weighted by atomic mass is 35.5. The summed E-state index contributed by atoms with van der Waals surface area (Å²) < 4.78 is 21.7. The molecule has 7 nitrogen and oxygen atoms in total. The van der Waals surface area contributed by atoms with Gasteiger partial charge in [-0.05, 0) is 48.9 Å². The molecule has 0 saturated heterocycles. The van der Waals surface area contributed by atoms with Crippen LogP contribution in [0.1, 0.15) is 38.2 Å². The first-order valence-electron chi connectivity index (χ1n) is 10.3. The lowest BCUT2D eigenvalue weighted by molar-refractivity contribution is 0.171. The van der Waals surface area contributed by atoms with Crippen LogP contribution in [-0.4, -0.2) is 39.2 Å². The second kappa shape index (κ2) is 14.1.